The number of benzene rings is 1. The van der Waals surface area contributed by atoms with E-state index in [0.717, 1.165) is 10.4 Å². The monoisotopic (exact) mass is 234 g/mol. The van der Waals surface area contributed by atoms with Gasteiger partial charge in [0.2, 0.25) is 0 Å². The SMILES string of the molecule is COc1ccc(Oc2cnn(C(=O)O)c2)cc1. The molecule has 1 aromatic carbocycles. The van der Waals surface area contributed by atoms with Gasteiger partial charge in [-0.15, -0.1) is 0 Å². The standard InChI is InChI=1S/C11H10N2O4/c1-16-8-2-4-9(5-3-8)17-10-6-12-13(7-10)11(14)15/h2-7H,1H3,(H,14,15). The lowest BCUT2D eigenvalue weighted by molar-refractivity contribution is 0.192. The molecule has 0 spiro atoms. The highest BCUT2D eigenvalue weighted by molar-refractivity contribution is 5.67. The summed E-state index contributed by atoms with van der Waals surface area (Å²) in [7, 11) is 1.58. The van der Waals surface area contributed by atoms with Gasteiger partial charge < -0.3 is 14.6 Å². The molecule has 2 rings (SSSR count). The summed E-state index contributed by atoms with van der Waals surface area (Å²) in [6.07, 6.45) is 1.46. The zero-order chi connectivity index (χ0) is 12.3. The number of carboxylic acid groups (broad SMARTS) is 1. The summed E-state index contributed by atoms with van der Waals surface area (Å²) < 4.78 is 11.2. The van der Waals surface area contributed by atoms with Crippen molar-refractivity contribution in [3.8, 4) is 17.2 Å². The first-order valence-electron chi connectivity index (χ1n) is 4.79. The zero-order valence-corrected chi connectivity index (χ0v) is 9.03. The van der Waals surface area contributed by atoms with Gasteiger partial charge in [-0.3, -0.25) is 0 Å². The van der Waals surface area contributed by atoms with Crippen LogP contribution in [0.5, 0.6) is 17.2 Å². The maximum Gasteiger partial charge on any atom is 0.432 e. The predicted octanol–water partition coefficient (Wildman–Crippen LogP) is 2.21. The van der Waals surface area contributed by atoms with Crippen molar-refractivity contribution in [2.45, 2.75) is 0 Å². The first-order valence-corrected chi connectivity index (χ1v) is 4.79. The van der Waals surface area contributed by atoms with E-state index in [1.54, 1.807) is 31.4 Å². The summed E-state index contributed by atoms with van der Waals surface area (Å²) >= 11 is 0. The minimum atomic E-state index is -1.16. The Morgan fingerprint density at radius 2 is 1.88 bits per heavy atom. The summed E-state index contributed by atoms with van der Waals surface area (Å²) in [5.74, 6) is 1.66. The number of rotatable bonds is 3. The molecule has 1 N–H and O–H groups in total. The largest absolute Gasteiger partial charge is 0.497 e. The fourth-order valence-corrected chi connectivity index (χ4v) is 1.24. The third kappa shape index (κ3) is 2.54. The molecule has 0 bridgehead atoms. The molecule has 0 amide bonds. The topological polar surface area (TPSA) is 73.6 Å². The second kappa shape index (κ2) is 4.56. The molecule has 1 heterocycles. The van der Waals surface area contributed by atoms with Gasteiger partial charge in [-0.25, -0.2) is 4.79 Å². The van der Waals surface area contributed by atoms with Crippen molar-refractivity contribution in [2.24, 2.45) is 0 Å². The Kier molecular flexibility index (Phi) is 2.95. The van der Waals surface area contributed by atoms with Crippen molar-refractivity contribution >= 4 is 6.09 Å². The Balaban J connectivity index is 2.11. The summed E-state index contributed by atoms with van der Waals surface area (Å²) in [6, 6.07) is 6.93. The minimum Gasteiger partial charge on any atom is -0.497 e. The van der Waals surface area contributed by atoms with E-state index in [1.165, 1.54) is 12.4 Å². The van der Waals surface area contributed by atoms with Gasteiger partial charge >= 0.3 is 6.09 Å². The van der Waals surface area contributed by atoms with E-state index in [1.807, 2.05) is 0 Å². The van der Waals surface area contributed by atoms with Crippen LogP contribution in [-0.4, -0.2) is 28.1 Å². The number of ether oxygens (including phenoxy) is 2. The van der Waals surface area contributed by atoms with E-state index in [-0.39, 0.29) is 0 Å². The van der Waals surface area contributed by atoms with Gasteiger partial charge in [-0.2, -0.15) is 9.78 Å². The third-order valence-electron chi connectivity index (χ3n) is 2.05. The van der Waals surface area contributed by atoms with Crippen LogP contribution in [0.15, 0.2) is 36.7 Å². The third-order valence-corrected chi connectivity index (χ3v) is 2.05. The zero-order valence-electron chi connectivity index (χ0n) is 9.03. The van der Waals surface area contributed by atoms with Crippen molar-refractivity contribution in [2.75, 3.05) is 7.11 Å². The molecule has 0 saturated heterocycles. The molecule has 2 aromatic rings. The van der Waals surface area contributed by atoms with Crippen LogP contribution >= 0.6 is 0 Å². The van der Waals surface area contributed by atoms with Gasteiger partial charge in [0.1, 0.15) is 11.5 Å². The van der Waals surface area contributed by atoms with E-state index >= 15 is 0 Å². The summed E-state index contributed by atoms with van der Waals surface area (Å²) in [4.78, 5) is 10.6. The first-order chi connectivity index (χ1) is 8.19. The number of nitrogens with zero attached hydrogens (tertiary/aromatic N) is 2. The smallest absolute Gasteiger partial charge is 0.432 e. The molecule has 0 unspecified atom stereocenters. The summed E-state index contributed by atoms with van der Waals surface area (Å²) in [5.41, 5.74) is 0. The lowest BCUT2D eigenvalue weighted by atomic mass is 10.3. The number of aromatic nitrogens is 2. The number of methoxy groups -OCH3 is 1. The van der Waals surface area contributed by atoms with Crippen LogP contribution in [0.3, 0.4) is 0 Å². The van der Waals surface area contributed by atoms with Crippen LogP contribution in [-0.2, 0) is 0 Å². The molecule has 0 aliphatic rings. The molecular weight excluding hydrogens is 224 g/mol. The average molecular weight is 234 g/mol. The van der Waals surface area contributed by atoms with Crippen LogP contribution < -0.4 is 9.47 Å². The minimum absolute atomic E-state index is 0.359. The summed E-state index contributed by atoms with van der Waals surface area (Å²) in [5, 5.41) is 12.3. The molecule has 0 aliphatic heterocycles. The number of hydrogen-bond donors (Lipinski definition) is 1. The van der Waals surface area contributed by atoms with E-state index < -0.39 is 6.09 Å². The first kappa shape index (κ1) is 11.0. The van der Waals surface area contributed by atoms with Gasteiger partial charge in [-0.05, 0) is 24.3 Å². The fourth-order valence-electron chi connectivity index (χ4n) is 1.24. The maximum absolute atomic E-state index is 10.6. The van der Waals surface area contributed by atoms with Gasteiger partial charge in [0, 0.05) is 0 Å². The molecule has 6 nitrogen and oxygen atoms in total. The van der Waals surface area contributed by atoms with Crippen molar-refractivity contribution < 1.29 is 19.4 Å². The van der Waals surface area contributed by atoms with Crippen molar-refractivity contribution in [1.82, 2.24) is 9.78 Å². The van der Waals surface area contributed by atoms with Crippen molar-refractivity contribution in [3.05, 3.63) is 36.7 Å². The highest BCUT2D eigenvalue weighted by Crippen LogP contribution is 2.23. The summed E-state index contributed by atoms with van der Waals surface area (Å²) in [6.45, 7) is 0. The molecule has 0 radical (unpaired) electrons. The van der Waals surface area contributed by atoms with Crippen LogP contribution in [0.1, 0.15) is 0 Å². The quantitative estimate of drug-likeness (QED) is 0.881. The molecule has 6 heteroatoms. The Morgan fingerprint density at radius 3 is 2.41 bits per heavy atom. The Morgan fingerprint density at radius 1 is 1.24 bits per heavy atom. The lowest BCUT2D eigenvalue weighted by Gasteiger charge is -2.03. The second-order valence-electron chi connectivity index (χ2n) is 3.18. The van der Waals surface area contributed by atoms with Crippen molar-refractivity contribution in [3.63, 3.8) is 0 Å². The number of carbonyl (C=O) groups is 1. The van der Waals surface area contributed by atoms with Gasteiger partial charge in [-0.1, -0.05) is 0 Å². The molecular formula is C11H10N2O4. The van der Waals surface area contributed by atoms with Crippen LogP contribution in [0.2, 0.25) is 0 Å². The second-order valence-corrected chi connectivity index (χ2v) is 3.18. The Bertz CT molecular complexity index is 519. The lowest BCUT2D eigenvalue weighted by Crippen LogP contribution is -2.07. The average Bonchev–Trinajstić information content (AvgIpc) is 2.79. The Labute approximate surface area is 97.0 Å². The fraction of sp³-hybridized carbons (Fsp3) is 0.0909. The van der Waals surface area contributed by atoms with E-state index in [9.17, 15) is 4.79 Å². The molecule has 0 saturated carbocycles. The molecule has 17 heavy (non-hydrogen) atoms. The highest BCUT2D eigenvalue weighted by Gasteiger charge is 2.05. The van der Waals surface area contributed by atoms with Crippen LogP contribution in [0.25, 0.3) is 0 Å². The number of hydrogen-bond acceptors (Lipinski definition) is 4. The van der Waals surface area contributed by atoms with E-state index in [4.69, 9.17) is 14.6 Å². The van der Waals surface area contributed by atoms with Crippen molar-refractivity contribution in [1.29, 1.82) is 0 Å². The molecule has 0 atom stereocenters. The molecule has 1 aromatic heterocycles. The van der Waals surface area contributed by atoms with Crippen LogP contribution in [0, 0.1) is 0 Å². The van der Waals surface area contributed by atoms with Gasteiger partial charge in [0.25, 0.3) is 0 Å². The Hall–Kier alpha value is -2.50. The van der Waals surface area contributed by atoms with E-state index in [2.05, 4.69) is 5.10 Å². The molecule has 88 valence electrons. The van der Waals surface area contributed by atoms with Gasteiger partial charge in [0.15, 0.2) is 5.75 Å². The van der Waals surface area contributed by atoms with Gasteiger partial charge in [0.05, 0.1) is 19.5 Å². The predicted molar refractivity (Wildman–Crippen MR) is 58.7 cm³/mol. The highest BCUT2D eigenvalue weighted by atomic mass is 16.5. The van der Waals surface area contributed by atoms with E-state index in [0.29, 0.717) is 11.5 Å². The maximum atomic E-state index is 10.6. The normalized spacial score (nSPS) is 9.94. The molecule has 0 aliphatic carbocycles. The molecule has 0 fully saturated rings. The van der Waals surface area contributed by atoms with Crippen LogP contribution in [0.4, 0.5) is 4.79 Å².